The number of nitrogens with zero attached hydrogens (tertiary/aromatic N) is 4. The fourth-order valence-corrected chi connectivity index (χ4v) is 8.51. The number of halogens is 4. The van der Waals surface area contributed by atoms with Gasteiger partial charge < -0.3 is 35.7 Å². The van der Waals surface area contributed by atoms with Gasteiger partial charge in [0.15, 0.2) is 0 Å². The van der Waals surface area contributed by atoms with Gasteiger partial charge in [0.05, 0.1) is 12.1 Å². The van der Waals surface area contributed by atoms with Gasteiger partial charge in [0.2, 0.25) is 5.91 Å². The third kappa shape index (κ3) is 14.1. The van der Waals surface area contributed by atoms with Gasteiger partial charge in [0.25, 0.3) is 0 Å². The molecule has 2 fully saturated rings. The first-order chi connectivity index (χ1) is 31.5. The van der Waals surface area contributed by atoms with Crippen molar-refractivity contribution in [2.24, 2.45) is 11.5 Å². The number of piperazine rings is 2. The van der Waals surface area contributed by atoms with Gasteiger partial charge in [-0.05, 0) is 113 Å². The number of nitrogens with two attached hydrogens (primary N) is 2. The molecule has 0 bridgehead atoms. The van der Waals surface area contributed by atoms with Crippen LogP contribution >= 0.6 is 0 Å². The summed E-state index contributed by atoms with van der Waals surface area (Å²) in [4.78, 5) is 48.3. The summed E-state index contributed by atoms with van der Waals surface area (Å²) >= 11 is 0. The molecule has 3 amide bonds. The number of carbonyl (C=O) groups excluding carboxylic acids is 3. The van der Waals surface area contributed by atoms with Gasteiger partial charge in [-0.3, -0.25) is 19.5 Å². The highest BCUT2D eigenvalue weighted by atomic mass is 19.1. The van der Waals surface area contributed by atoms with Crippen molar-refractivity contribution in [3.63, 3.8) is 0 Å². The molecule has 0 aromatic heterocycles. The van der Waals surface area contributed by atoms with Crippen LogP contribution in [0.15, 0.2) is 91.0 Å². The van der Waals surface area contributed by atoms with E-state index >= 15 is 0 Å². The number of benzene rings is 4. The number of carbonyl (C=O) groups is 3. The molecule has 2 aliphatic heterocycles. The predicted octanol–water partition coefficient (Wildman–Crippen LogP) is 6.56. The molecule has 2 aliphatic rings. The Morgan fingerprint density at radius 1 is 0.657 bits per heavy atom. The fraction of sp³-hybridized carbons (Fsp3) is 0.460. The zero-order valence-corrected chi connectivity index (χ0v) is 38.8. The zero-order chi connectivity index (χ0) is 48.8. The zero-order valence-electron chi connectivity index (χ0n) is 38.8. The SMILES string of the molecule is CC(C)(C)OC(=O)N1CCN(Cc2ccccc2)C[C@@H]1[C@@H](Oc1cccc(CN2CCN(C(=O)OC(C)(C)C)[C@@H]([C@@H](O)C(N)Cc3cc(F)cc(F)c3)C2=O)c1)C(N)Cc1cc(F)cc(F)c1. The topological polar surface area (TPSA) is 164 Å². The Balaban J connectivity index is 1.29. The van der Waals surface area contributed by atoms with Crippen LogP contribution in [0.5, 0.6) is 5.75 Å². The quantitative estimate of drug-likeness (QED) is 0.118. The van der Waals surface area contributed by atoms with Crippen LogP contribution in [-0.4, -0.2) is 123 Å². The van der Waals surface area contributed by atoms with Crippen molar-refractivity contribution in [2.45, 2.75) is 115 Å². The first-order valence-corrected chi connectivity index (χ1v) is 22.4. The summed E-state index contributed by atoms with van der Waals surface area (Å²) in [6.07, 6.45) is -4.31. The Morgan fingerprint density at radius 3 is 1.75 bits per heavy atom. The average molecular weight is 935 g/mol. The lowest BCUT2D eigenvalue weighted by molar-refractivity contribution is -0.148. The largest absolute Gasteiger partial charge is 0.487 e. The summed E-state index contributed by atoms with van der Waals surface area (Å²) in [6, 6.07) is 18.3. The van der Waals surface area contributed by atoms with Crippen molar-refractivity contribution in [3.8, 4) is 5.75 Å². The summed E-state index contributed by atoms with van der Waals surface area (Å²) < 4.78 is 75.4. The van der Waals surface area contributed by atoms with Gasteiger partial charge in [-0.2, -0.15) is 0 Å². The van der Waals surface area contributed by atoms with Crippen molar-refractivity contribution in [2.75, 3.05) is 32.7 Å². The number of amides is 3. The molecule has 6 rings (SSSR count). The van der Waals surface area contributed by atoms with Crippen molar-refractivity contribution in [1.82, 2.24) is 19.6 Å². The molecule has 17 heteroatoms. The molecule has 6 atom stereocenters. The van der Waals surface area contributed by atoms with Crippen LogP contribution in [0.2, 0.25) is 0 Å². The van der Waals surface area contributed by atoms with Crippen molar-refractivity contribution in [3.05, 3.63) is 137 Å². The number of ether oxygens (including phenoxy) is 3. The molecule has 13 nitrogen and oxygen atoms in total. The third-order valence-electron chi connectivity index (χ3n) is 11.4. The van der Waals surface area contributed by atoms with Crippen LogP contribution in [-0.2, 0) is 40.2 Å². The van der Waals surface area contributed by atoms with E-state index in [1.807, 2.05) is 30.3 Å². The van der Waals surface area contributed by atoms with Crippen molar-refractivity contribution < 1.29 is 51.3 Å². The minimum atomic E-state index is -1.68. The highest BCUT2D eigenvalue weighted by Crippen LogP contribution is 2.28. The molecule has 4 aromatic rings. The molecule has 0 saturated carbocycles. The Labute approximate surface area is 389 Å². The molecule has 2 unspecified atom stereocenters. The molecule has 67 heavy (non-hydrogen) atoms. The molecular formula is C50H62F4N6O7. The van der Waals surface area contributed by atoms with Crippen molar-refractivity contribution in [1.29, 1.82) is 0 Å². The predicted molar refractivity (Wildman–Crippen MR) is 244 cm³/mol. The maximum atomic E-state index is 14.5. The summed E-state index contributed by atoms with van der Waals surface area (Å²) in [5.41, 5.74) is 13.7. The van der Waals surface area contributed by atoms with Crippen LogP contribution < -0.4 is 16.2 Å². The van der Waals surface area contributed by atoms with Gasteiger partial charge in [-0.25, -0.2) is 27.2 Å². The molecule has 2 saturated heterocycles. The first kappa shape index (κ1) is 50.7. The molecule has 362 valence electrons. The van der Waals surface area contributed by atoms with E-state index in [1.54, 1.807) is 70.7 Å². The Hall–Kier alpha value is -5.75. The van der Waals surface area contributed by atoms with E-state index in [0.717, 1.165) is 28.7 Å². The summed E-state index contributed by atoms with van der Waals surface area (Å²) in [5.74, 6) is -3.54. The van der Waals surface area contributed by atoms with E-state index in [1.165, 1.54) is 17.0 Å². The van der Waals surface area contributed by atoms with Gasteiger partial charge in [-0.15, -0.1) is 0 Å². The number of hydrogen-bond donors (Lipinski definition) is 3. The number of aliphatic hydroxyl groups is 1. The second-order valence-electron chi connectivity index (χ2n) is 19.4. The monoisotopic (exact) mass is 934 g/mol. The standard InChI is InChI=1S/C50H62F4N6O7/c1-49(2,3)66-47(63)59-17-15-57(28-31-11-8-7-9-12-31)30-42(59)45(41(56)25-34-21-37(53)27-38(54)22-34)65-39-14-10-13-32(23-39)29-58-16-18-60(48(64)67-50(4,5)6)43(46(58)62)44(61)40(55)24-33-19-35(51)26-36(52)20-33/h7-14,19-23,26-27,40-45,61H,15-18,24-25,28-30,55-56H2,1-6H3/t40?,41?,42-,43+,44+,45+/m1/s1. The molecule has 2 heterocycles. The highest BCUT2D eigenvalue weighted by Gasteiger charge is 2.46. The van der Waals surface area contributed by atoms with Gasteiger partial charge >= 0.3 is 12.2 Å². The third-order valence-corrected chi connectivity index (χ3v) is 11.4. The van der Waals surface area contributed by atoms with E-state index in [4.69, 9.17) is 25.7 Å². The minimum absolute atomic E-state index is 0.0106. The lowest BCUT2D eigenvalue weighted by atomic mass is 9.93. The molecule has 0 aliphatic carbocycles. The molecule has 0 radical (unpaired) electrons. The summed E-state index contributed by atoms with van der Waals surface area (Å²) in [5, 5.41) is 11.7. The summed E-state index contributed by atoms with van der Waals surface area (Å²) in [6.45, 7) is 11.9. The molecular weight excluding hydrogens is 873 g/mol. The van der Waals surface area contributed by atoms with Crippen LogP contribution in [0.3, 0.4) is 0 Å². The average Bonchev–Trinajstić information content (AvgIpc) is 3.21. The summed E-state index contributed by atoms with van der Waals surface area (Å²) in [7, 11) is 0. The van der Waals surface area contributed by atoms with E-state index < -0.39 is 88.9 Å². The normalized spacial score (nSPS) is 19.1. The smallest absolute Gasteiger partial charge is 0.411 e. The Morgan fingerprint density at radius 2 is 1.18 bits per heavy atom. The number of hydrogen-bond acceptors (Lipinski definition) is 10. The van der Waals surface area contributed by atoms with Crippen molar-refractivity contribution >= 4 is 18.1 Å². The molecule has 5 N–H and O–H groups in total. The van der Waals surface area contributed by atoms with E-state index in [9.17, 15) is 37.1 Å². The number of aliphatic hydroxyl groups excluding tert-OH is 1. The van der Waals surface area contributed by atoms with Gasteiger partial charge in [0.1, 0.15) is 52.4 Å². The van der Waals surface area contributed by atoms with Crippen LogP contribution in [0.1, 0.15) is 63.8 Å². The van der Waals surface area contributed by atoms with Gasteiger partial charge in [-0.1, -0.05) is 42.5 Å². The second kappa shape index (κ2) is 21.5. The van der Waals surface area contributed by atoms with Crippen LogP contribution in [0.25, 0.3) is 0 Å². The lowest BCUT2D eigenvalue weighted by Crippen LogP contribution is -2.65. The Kier molecular flexibility index (Phi) is 16.2. The maximum Gasteiger partial charge on any atom is 0.411 e. The van der Waals surface area contributed by atoms with E-state index in [-0.39, 0.29) is 50.1 Å². The van der Waals surface area contributed by atoms with E-state index in [2.05, 4.69) is 4.90 Å². The Bertz CT molecular complexity index is 2310. The lowest BCUT2D eigenvalue weighted by Gasteiger charge is -2.46. The minimum Gasteiger partial charge on any atom is -0.487 e. The molecule has 4 aromatic carbocycles. The fourth-order valence-electron chi connectivity index (χ4n) is 8.51. The van der Waals surface area contributed by atoms with Gasteiger partial charge in [0, 0.05) is 70.0 Å². The second-order valence-corrected chi connectivity index (χ2v) is 19.4. The van der Waals surface area contributed by atoms with E-state index in [0.29, 0.717) is 37.0 Å². The first-order valence-electron chi connectivity index (χ1n) is 22.4. The van der Waals surface area contributed by atoms with Crippen LogP contribution in [0, 0.1) is 23.3 Å². The molecule has 0 spiro atoms. The number of rotatable bonds is 14. The maximum absolute atomic E-state index is 14.5. The highest BCUT2D eigenvalue weighted by molar-refractivity contribution is 5.87. The van der Waals surface area contributed by atoms with Crippen LogP contribution in [0.4, 0.5) is 27.2 Å².